The zero-order chi connectivity index (χ0) is 15.5. The van der Waals surface area contributed by atoms with E-state index >= 15 is 0 Å². The van der Waals surface area contributed by atoms with Crippen molar-refractivity contribution in [2.75, 3.05) is 6.61 Å². The van der Waals surface area contributed by atoms with Gasteiger partial charge in [0.1, 0.15) is 0 Å². The molecule has 0 aromatic heterocycles. The fourth-order valence-electron chi connectivity index (χ4n) is 4.18. The Morgan fingerprint density at radius 3 is 2.38 bits per heavy atom. The quantitative estimate of drug-likeness (QED) is 0.746. The third-order valence-electron chi connectivity index (χ3n) is 5.00. The van der Waals surface area contributed by atoms with Crippen molar-refractivity contribution in [2.45, 2.75) is 52.4 Å². The molecule has 4 nitrogen and oxygen atoms in total. The second kappa shape index (κ2) is 4.22. The number of fused-ring (bicyclic) bond motifs is 1. The molecule has 3 rings (SSSR count). The molecule has 0 radical (unpaired) electrons. The summed E-state index contributed by atoms with van der Waals surface area (Å²) in [5.41, 5.74) is -0.253. The molecule has 2 aliphatic heterocycles. The number of hydrogen-bond donors (Lipinski definition) is 0. The number of hydrogen-bond acceptors (Lipinski definition) is 4. The summed E-state index contributed by atoms with van der Waals surface area (Å²) in [6, 6.07) is 6.75. The van der Waals surface area contributed by atoms with E-state index in [0.29, 0.717) is 6.61 Å². The van der Waals surface area contributed by atoms with Crippen molar-refractivity contribution >= 4 is 0 Å². The molecule has 2 saturated heterocycles. The maximum atomic E-state index is 11.8. The Morgan fingerprint density at radius 1 is 1.14 bits per heavy atom. The van der Waals surface area contributed by atoms with Gasteiger partial charge in [-0.15, -0.1) is 5.75 Å². The van der Waals surface area contributed by atoms with Gasteiger partial charge in [-0.3, -0.25) is 0 Å². The SMILES string of the molecule is CC(C)(C)C12OOC1(c1cccc([O-])c1)OCCC2(C)C. The fourth-order valence-corrected chi connectivity index (χ4v) is 4.18. The first-order valence-corrected chi connectivity index (χ1v) is 7.45. The molecule has 2 unspecified atom stereocenters. The zero-order valence-corrected chi connectivity index (χ0v) is 13.4. The largest absolute Gasteiger partial charge is 0.872 e. The van der Waals surface area contributed by atoms with E-state index in [1.165, 1.54) is 6.07 Å². The summed E-state index contributed by atoms with van der Waals surface area (Å²) in [5, 5.41) is 11.8. The van der Waals surface area contributed by atoms with Gasteiger partial charge in [-0.05, 0) is 6.42 Å². The van der Waals surface area contributed by atoms with Gasteiger partial charge >= 0.3 is 0 Å². The van der Waals surface area contributed by atoms with Crippen LogP contribution in [0.25, 0.3) is 0 Å². The molecule has 2 heterocycles. The second-order valence-corrected chi connectivity index (χ2v) is 7.72. The molecule has 21 heavy (non-hydrogen) atoms. The van der Waals surface area contributed by atoms with E-state index in [1.807, 2.05) is 6.07 Å². The van der Waals surface area contributed by atoms with Crippen molar-refractivity contribution < 1.29 is 19.6 Å². The molecule has 0 amide bonds. The summed E-state index contributed by atoms with van der Waals surface area (Å²) >= 11 is 0. The van der Waals surface area contributed by atoms with Crippen LogP contribution in [0.5, 0.6) is 5.75 Å². The van der Waals surface area contributed by atoms with Crippen molar-refractivity contribution in [1.82, 2.24) is 0 Å². The van der Waals surface area contributed by atoms with E-state index in [-0.39, 0.29) is 16.6 Å². The highest BCUT2D eigenvalue weighted by molar-refractivity contribution is 5.35. The van der Waals surface area contributed by atoms with Gasteiger partial charge in [-0.25, -0.2) is 4.89 Å². The van der Waals surface area contributed by atoms with Crippen LogP contribution in [0.2, 0.25) is 0 Å². The fraction of sp³-hybridized carbons (Fsp3) is 0.647. The average molecular weight is 291 g/mol. The molecule has 2 aliphatic rings. The van der Waals surface area contributed by atoms with Gasteiger partial charge in [0.25, 0.3) is 5.79 Å². The Bertz CT molecular complexity index is 560. The Labute approximate surface area is 125 Å². The van der Waals surface area contributed by atoms with Crippen LogP contribution in [0.3, 0.4) is 0 Å². The van der Waals surface area contributed by atoms with Crippen LogP contribution >= 0.6 is 0 Å². The molecule has 1 aromatic rings. The van der Waals surface area contributed by atoms with Crippen molar-refractivity contribution in [1.29, 1.82) is 0 Å². The smallest absolute Gasteiger partial charge is 0.261 e. The van der Waals surface area contributed by atoms with Gasteiger partial charge in [0.05, 0.1) is 6.61 Å². The predicted molar refractivity (Wildman–Crippen MR) is 76.3 cm³/mol. The molecular formula is C17H23O4-. The molecule has 1 aromatic carbocycles. The van der Waals surface area contributed by atoms with Gasteiger partial charge in [-0.2, -0.15) is 4.89 Å². The minimum atomic E-state index is -1.01. The highest BCUT2D eigenvalue weighted by Crippen LogP contribution is 2.67. The maximum Gasteiger partial charge on any atom is 0.261 e. The van der Waals surface area contributed by atoms with E-state index in [4.69, 9.17) is 14.5 Å². The first-order valence-electron chi connectivity index (χ1n) is 7.45. The Balaban J connectivity index is 2.21. The summed E-state index contributed by atoms with van der Waals surface area (Å²) in [7, 11) is 0. The molecule has 4 heteroatoms. The van der Waals surface area contributed by atoms with Gasteiger partial charge in [0.2, 0.25) is 0 Å². The van der Waals surface area contributed by atoms with Crippen LogP contribution < -0.4 is 5.11 Å². The third-order valence-corrected chi connectivity index (χ3v) is 5.00. The first kappa shape index (κ1) is 14.8. The van der Waals surface area contributed by atoms with E-state index in [2.05, 4.69) is 34.6 Å². The van der Waals surface area contributed by atoms with Gasteiger partial charge in [0, 0.05) is 16.4 Å². The monoisotopic (exact) mass is 291 g/mol. The van der Waals surface area contributed by atoms with Gasteiger partial charge < -0.3 is 9.84 Å². The van der Waals surface area contributed by atoms with Gasteiger partial charge in [-0.1, -0.05) is 58.9 Å². The lowest BCUT2D eigenvalue weighted by molar-refractivity contribution is -0.664. The maximum absolute atomic E-state index is 11.8. The molecule has 116 valence electrons. The molecule has 2 atom stereocenters. The average Bonchev–Trinajstić information content (AvgIpc) is 2.29. The molecule has 0 N–H and O–H groups in total. The van der Waals surface area contributed by atoms with Crippen LogP contribution in [0.4, 0.5) is 0 Å². The molecule has 0 spiro atoms. The summed E-state index contributed by atoms with van der Waals surface area (Å²) in [5.74, 6) is -1.06. The van der Waals surface area contributed by atoms with Crippen LogP contribution in [0.1, 0.15) is 46.6 Å². The van der Waals surface area contributed by atoms with Crippen molar-refractivity contribution in [3.8, 4) is 5.75 Å². The van der Waals surface area contributed by atoms with E-state index in [9.17, 15) is 5.11 Å². The lowest BCUT2D eigenvalue weighted by Crippen LogP contribution is -2.79. The lowest BCUT2D eigenvalue weighted by Gasteiger charge is -2.69. The number of ether oxygens (including phenoxy) is 1. The van der Waals surface area contributed by atoms with E-state index < -0.39 is 11.4 Å². The van der Waals surface area contributed by atoms with Crippen molar-refractivity contribution in [3.63, 3.8) is 0 Å². The summed E-state index contributed by atoms with van der Waals surface area (Å²) < 4.78 is 6.08. The first-order chi connectivity index (χ1) is 9.66. The third kappa shape index (κ3) is 1.67. The Morgan fingerprint density at radius 2 is 1.86 bits per heavy atom. The predicted octanol–water partition coefficient (Wildman–Crippen LogP) is 3.11. The van der Waals surface area contributed by atoms with Crippen LogP contribution in [-0.4, -0.2) is 12.2 Å². The molecule has 0 bridgehead atoms. The Hall–Kier alpha value is -1.10. The molecule has 0 aliphatic carbocycles. The van der Waals surface area contributed by atoms with E-state index in [1.54, 1.807) is 12.1 Å². The molecular weight excluding hydrogens is 268 g/mol. The number of benzene rings is 1. The van der Waals surface area contributed by atoms with Crippen molar-refractivity contribution in [3.05, 3.63) is 29.8 Å². The highest BCUT2D eigenvalue weighted by atomic mass is 17.3. The normalized spacial score (nSPS) is 34.9. The topological polar surface area (TPSA) is 50.8 Å². The summed E-state index contributed by atoms with van der Waals surface area (Å²) in [6.07, 6.45) is 0.881. The van der Waals surface area contributed by atoms with Crippen LogP contribution in [0, 0.1) is 10.8 Å². The zero-order valence-electron chi connectivity index (χ0n) is 13.4. The minimum absolute atomic E-state index is 0.0489. The minimum Gasteiger partial charge on any atom is -0.872 e. The van der Waals surface area contributed by atoms with Crippen LogP contribution in [-0.2, 0) is 20.3 Å². The number of rotatable bonds is 1. The van der Waals surface area contributed by atoms with Gasteiger partial charge in [0.15, 0.2) is 5.60 Å². The Kier molecular flexibility index (Phi) is 2.98. The van der Waals surface area contributed by atoms with E-state index in [0.717, 1.165) is 12.0 Å². The molecule has 0 saturated carbocycles. The standard InChI is InChI=1S/C17H24O4/c1-14(2,3)17-15(4,5)9-10-19-16(17,20-21-17)12-7-6-8-13(18)11-12/h6-8,11,18H,9-10H2,1-5H3/p-1. The highest BCUT2D eigenvalue weighted by Gasteiger charge is 2.78. The van der Waals surface area contributed by atoms with Crippen LogP contribution in [0.15, 0.2) is 24.3 Å². The molecule has 2 fully saturated rings. The second-order valence-electron chi connectivity index (χ2n) is 7.72. The summed E-state index contributed by atoms with van der Waals surface area (Å²) in [4.78, 5) is 11.3. The summed E-state index contributed by atoms with van der Waals surface area (Å²) in [6.45, 7) is 11.3. The van der Waals surface area contributed by atoms with Crippen molar-refractivity contribution in [2.24, 2.45) is 10.8 Å². The lowest BCUT2D eigenvalue weighted by atomic mass is 9.53.